The maximum atomic E-state index is 11.2. The largest absolute Gasteiger partial charge is 0.357 e. The molecule has 1 aliphatic rings. The van der Waals surface area contributed by atoms with Crippen LogP contribution in [0.25, 0.3) is 0 Å². The smallest absolute Gasteiger partial charge is 0.191 e. The van der Waals surface area contributed by atoms with Gasteiger partial charge < -0.3 is 10.6 Å². The second kappa shape index (κ2) is 9.35. The fraction of sp³-hybridized carbons (Fsp3) is 0.933. The van der Waals surface area contributed by atoms with Gasteiger partial charge in [0.1, 0.15) is 9.84 Å². The summed E-state index contributed by atoms with van der Waals surface area (Å²) in [5.41, 5.74) is 0. The Morgan fingerprint density at radius 2 is 2.14 bits per heavy atom. The molecule has 0 radical (unpaired) electrons. The zero-order valence-corrected chi connectivity index (χ0v) is 15.2. The zero-order valence-electron chi connectivity index (χ0n) is 14.4. The molecule has 0 aromatic rings. The van der Waals surface area contributed by atoms with Gasteiger partial charge in [0, 0.05) is 24.9 Å². The predicted octanol–water partition coefficient (Wildman–Crippen LogP) is 0.849. The third-order valence-corrected chi connectivity index (χ3v) is 4.99. The second-order valence-corrected chi connectivity index (χ2v) is 8.37. The molecule has 0 amide bonds. The van der Waals surface area contributed by atoms with Crippen LogP contribution in [-0.2, 0) is 9.84 Å². The Hall–Kier alpha value is -0.820. The summed E-state index contributed by atoms with van der Waals surface area (Å²) in [5, 5.41) is 6.54. The third-order valence-electron chi connectivity index (χ3n) is 4.01. The highest BCUT2D eigenvalue weighted by atomic mass is 32.2. The number of guanidine groups is 1. The molecular weight excluding hydrogens is 300 g/mol. The van der Waals surface area contributed by atoms with E-state index in [1.165, 1.54) is 25.6 Å². The van der Waals surface area contributed by atoms with Crippen LogP contribution in [0, 0.1) is 0 Å². The highest BCUT2D eigenvalue weighted by Crippen LogP contribution is 2.16. The minimum atomic E-state index is -2.91. The number of hydrogen-bond acceptors (Lipinski definition) is 4. The highest BCUT2D eigenvalue weighted by Gasteiger charge is 2.22. The molecule has 1 heterocycles. The lowest BCUT2D eigenvalue weighted by atomic mass is 10.2. The van der Waals surface area contributed by atoms with Crippen molar-refractivity contribution in [2.24, 2.45) is 4.99 Å². The Bertz CT molecular complexity index is 450. The van der Waals surface area contributed by atoms with Gasteiger partial charge in [-0.25, -0.2) is 8.42 Å². The number of likely N-dealkylation sites (N-methyl/N-ethyl adjacent to an activating group) is 1. The van der Waals surface area contributed by atoms with E-state index in [9.17, 15) is 8.42 Å². The van der Waals surface area contributed by atoms with E-state index in [4.69, 9.17) is 0 Å². The molecule has 0 aromatic heterocycles. The molecule has 1 aliphatic heterocycles. The van der Waals surface area contributed by atoms with Crippen molar-refractivity contribution in [1.82, 2.24) is 15.5 Å². The molecule has 1 rings (SSSR count). The lowest BCUT2D eigenvalue weighted by Gasteiger charge is -2.22. The number of likely N-dealkylation sites (tertiary alicyclic amines) is 1. The monoisotopic (exact) mass is 332 g/mol. The summed E-state index contributed by atoms with van der Waals surface area (Å²) in [6.07, 6.45) is 4.33. The number of aliphatic imine (C=N–C) groups is 1. The van der Waals surface area contributed by atoms with Crippen molar-refractivity contribution in [2.45, 2.75) is 52.1 Å². The Labute approximate surface area is 135 Å². The summed E-state index contributed by atoms with van der Waals surface area (Å²) >= 11 is 0. The van der Waals surface area contributed by atoms with E-state index < -0.39 is 9.84 Å². The first-order valence-electron chi connectivity index (χ1n) is 8.32. The Morgan fingerprint density at radius 3 is 2.73 bits per heavy atom. The van der Waals surface area contributed by atoms with Crippen LogP contribution >= 0.6 is 0 Å². The third kappa shape index (κ3) is 7.45. The maximum absolute atomic E-state index is 11.2. The molecule has 1 fully saturated rings. The van der Waals surface area contributed by atoms with Gasteiger partial charge in [0.25, 0.3) is 0 Å². The fourth-order valence-corrected chi connectivity index (χ4v) is 3.51. The summed E-state index contributed by atoms with van der Waals surface area (Å²) in [6, 6.07) is 0.616. The molecule has 0 bridgehead atoms. The molecule has 130 valence electrons. The summed E-state index contributed by atoms with van der Waals surface area (Å²) in [4.78, 5) is 7.15. The Balaban J connectivity index is 2.51. The van der Waals surface area contributed by atoms with E-state index in [2.05, 4.69) is 27.4 Å². The van der Waals surface area contributed by atoms with Crippen molar-refractivity contribution in [2.75, 3.05) is 38.2 Å². The van der Waals surface area contributed by atoms with Crippen molar-refractivity contribution in [3.63, 3.8) is 0 Å². The van der Waals surface area contributed by atoms with Crippen LogP contribution in [-0.4, -0.2) is 69.5 Å². The lowest BCUT2D eigenvalue weighted by Crippen LogP contribution is -2.43. The van der Waals surface area contributed by atoms with Crippen LogP contribution in [0.15, 0.2) is 4.99 Å². The van der Waals surface area contributed by atoms with Crippen LogP contribution in [0.5, 0.6) is 0 Å². The van der Waals surface area contributed by atoms with E-state index in [1.54, 1.807) is 0 Å². The molecule has 0 saturated carbocycles. The van der Waals surface area contributed by atoms with Gasteiger partial charge in [-0.2, -0.15) is 0 Å². The molecular formula is C15H32N4O2S. The molecule has 7 heteroatoms. The SMILES string of the molecule is CCNC(=NCC1CCCN1CC)NC(C)CCS(C)(=O)=O. The van der Waals surface area contributed by atoms with Gasteiger partial charge in [0.05, 0.1) is 12.3 Å². The van der Waals surface area contributed by atoms with Crippen LogP contribution in [0.2, 0.25) is 0 Å². The van der Waals surface area contributed by atoms with Crippen molar-refractivity contribution >= 4 is 15.8 Å². The fourth-order valence-electron chi connectivity index (χ4n) is 2.73. The molecule has 0 aromatic carbocycles. The lowest BCUT2D eigenvalue weighted by molar-refractivity contribution is 0.273. The maximum Gasteiger partial charge on any atom is 0.191 e. The summed E-state index contributed by atoms with van der Waals surface area (Å²) in [7, 11) is -2.91. The zero-order chi connectivity index (χ0) is 16.6. The molecule has 22 heavy (non-hydrogen) atoms. The molecule has 6 nitrogen and oxygen atoms in total. The van der Waals surface area contributed by atoms with Gasteiger partial charge in [-0.05, 0) is 46.2 Å². The van der Waals surface area contributed by atoms with E-state index in [0.717, 1.165) is 25.6 Å². The minimum absolute atomic E-state index is 0.0818. The number of rotatable bonds is 8. The van der Waals surface area contributed by atoms with Crippen molar-refractivity contribution in [1.29, 1.82) is 0 Å². The summed E-state index contributed by atoms with van der Waals surface area (Å²) in [5.74, 6) is 0.985. The number of nitrogens with zero attached hydrogens (tertiary/aromatic N) is 2. The standard InChI is InChI=1S/C15H32N4O2S/c1-5-16-15(18-13(3)9-11-22(4,20)21)17-12-14-8-7-10-19(14)6-2/h13-14H,5-12H2,1-4H3,(H2,16,17,18). The molecule has 0 spiro atoms. The van der Waals surface area contributed by atoms with Crippen molar-refractivity contribution in [3.8, 4) is 0 Å². The average Bonchev–Trinajstić information content (AvgIpc) is 2.89. The van der Waals surface area contributed by atoms with Gasteiger partial charge in [0.15, 0.2) is 5.96 Å². The average molecular weight is 333 g/mol. The molecule has 0 aliphatic carbocycles. The normalized spacial score (nSPS) is 21.8. The van der Waals surface area contributed by atoms with Gasteiger partial charge in [-0.15, -0.1) is 0 Å². The van der Waals surface area contributed by atoms with Gasteiger partial charge in [-0.3, -0.25) is 9.89 Å². The second-order valence-electron chi connectivity index (χ2n) is 6.11. The molecule has 2 unspecified atom stereocenters. The van der Waals surface area contributed by atoms with Crippen molar-refractivity contribution in [3.05, 3.63) is 0 Å². The van der Waals surface area contributed by atoms with E-state index in [0.29, 0.717) is 12.5 Å². The molecule has 1 saturated heterocycles. The van der Waals surface area contributed by atoms with E-state index in [-0.39, 0.29) is 11.8 Å². The van der Waals surface area contributed by atoms with Crippen LogP contribution in [0.3, 0.4) is 0 Å². The number of hydrogen-bond donors (Lipinski definition) is 2. The van der Waals surface area contributed by atoms with Gasteiger partial charge in [-0.1, -0.05) is 6.92 Å². The van der Waals surface area contributed by atoms with Crippen LogP contribution in [0.4, 0.5) is 0 Å². The highest BCUT2D eigenvalue weighted by molar-refractivity contribution is 7.90. The Kier molecular flexibility index (Phi) is 8.17. The number of nitrogens with one attached hydrogen (secondary N) is 2. The van der Waals surface area contributed by atoms with Gasteiger partial charge in [0.2, 0.25) is 0 Å². The predicted molar refractivity (Wildman–Crippen MR) is 93.2 cm³/mol. The Morgan fingerprint density at radius 1 is 1.41 bits per heavy atom. The van der Waals surface area contributed by atoms with Crippen LogP contribution < -0.4 is 10.6 Å². The number of sulfone groups is 1. The van der Waals surface area contributed by atoms with Gasteiger partial charge >= 0.3 is 0 Å². The van der Waals surface area contributed by atoms with Crippen molar-refractivity contribution < 1.29 is 8.42 Å². The minimum Gasteiger partial charge on any atom is -0.357 e. The quantitative estimate of drug-likeness (QED) is 0.509. The van der Waals surface area contributed by atoms with E-state index in [1.807, 2.05) is 13.8 Å². The topological polar surface area (TPSA) is 73.8 Å². The first-order valence-corrected chi connectivity index (χ1v) is 10.4. The molecule has 2 N–H and O–H groups in total. The summed E-state index contributed by atoms with van der Waals surface area (Å²) in [6.45, 7) is 10.1. The summed E-state index contributed by atoms with van der Waals surface area (Å²) < 4.78 is 22.5. The first-order chi connectivity index (χ1) is 10.4. The molecule has 2 atom stereocenters. The van der Waals surface area contributed by atoms with E-state index >= 15 is 0 Å². The van der Waals surface area contributed by atoms with Crippen LogP contribution in [0.1, 0.15) is 40.0 Å². The first kappa shape index (κ1) is 19.2.